The maximum Gasteiger partial charge on any atom is 0.0992 e. The average Bonchev–Trinajstić information content (AvgIpc) is 2.39. The lowest BCUT2D eigenvalue weighted by molar-refractivity contribution is 0.197. The van der Waals surface area contributed by atoms with Gasteiger partial charge in [-0.25, -0.2) is 0 Å². The molecular formula is C14H20N2O2. The topological polar surface area (TPSA) is 56.5 Å². The summed E-state index contributed by atoms with van der Waals surface area (Å²) in [5, 5.41) is 18.8. The molecule has 1 rings (SSSR count). The largest absolute Gasteiger partial charge is 0.389 e. The lowest BCUT2D eigenvalue weighted by atomic mass is 10.0. The fourth-order valence-corrected chi connectivity index (χ4v) is 1.89. The SMILES string of the molecule is CCN(CCOC)c1cc(C#N)ccc1C(C)O. The second kappa shape index (κ2) is 7.00. The minimum absolute atomic E-state index is 0.552. The summed E-state index contributed by atoms with van der Waals surface area (Å²) in [5.41, 5.74) is 2.35. The molecule has 0 bridgehead atoms. The van der Waals surface area contributed by atoms with E-state index in [0.29, 0.717) is 12.2 Å². The monoisotopic (exact) mass is 248 g/mol. The zero-order valence-electron chi connectivity index (χ0n) is 11.2. The first-order valence-corrected chi connectivity index (χ1v) is 6.10. The van der Waals surface area contributed by atoms with Gasteiger partial charge in [-0.1, -0.05) is 6.07 Å². The van der Waals surface area contributed by atoms with E-state index < -0.39 is 6.10 Å². The van der Waals surface area contributed by atoms with Crippen LogP contribution in [0.25, 0.3) is 0 Å². The number of ether oxygens (including phenoxy) is 1. The number of likely N-dealkylation sites (N-methyl/N-ethyl adjacent to an activating group) is 1. The number of hydrogen-bond acceptors (Lipinski definition) is 4. The van der Waals surface area contributed by atoms with Gasteiger partial charge in [0.25, 0.3) is 0 Å². The quantitative estimate of drug-likeness (QED) is 0.837. The number of anilines is 1. The highest BCUT2D eigenvalue weighted by Crippen LogP contribution is 2.27. The Hall–Kier alpha value is -1.57. The number of nitriles is 1. The molecule has 0 fully saturated rings. The van der Waals surface area contributed by atoms with Gasteiger partial charge in [0.15, 0.2) is 0 Å². The second-order valence-corrected chi connectivity index (χ2v) is 4.13. The van der Waals surface area contributed by atoms with Crippen molar-refractivity contribution in [2.75, 3.05) is 31.7 Å². The van der Waals surface area contributed by atoms with E-state index in [1.165, 1.54) is 0 Å². The van der Waals surface area contributed by atoms with E-state index in [1.807, 2.05) is 19.1 Å². The molecule has 0 saturated carbocycles. The van der Waals surface area contributed by atoms with Gasteiger partial charge in [-0.3, -0.25) is 0 Å². The second-order valence-electron chi connectivity index (χ2n) is 4.13. The highest BCUT2D eigenvalue weighted by molar-refractivity contribution is 5.58. The van der Waals surface area contributed by atoms with Gasteiger partial charge in [0.1, 0.15) is 0 Å². The number of benzene rings is 1. The highest BCUT2D eigenvalue weighted by atomic mass is 16.5. The Bertz CT molecular complexity index is 424. The number of aliphatic hydroxyl groups excluding tert-OH is 1. The molecular weight excluding hydrogens is 228 g/mol. The summed E-state index contributed by atoms with van der Waals surface area (Å²) < 4.78 is 5.08. The molecule has 0 aliphatic carbocycles. The van der Waals surface area contributed by atoms with Crippen LogP contribution in [-0.2, 0) is 4.74 Å². The summed E-state index contributed by atoms with van der Waals surface area (Å²) in [7, 11) is 1.66. The summed E-state index contributed by atoms with van der Waals surface area (Å²) in [5.74, 6) is 0. The van der Waals surface area contributed by atoms with Crippen LogP contribution in [0.3, 0.4) is 0 Å². The van der Waals surface area contributed by atoms with Gasteiger partial charge in [0.05, 0.1) is 24.3 Å². The molecule has 1 aromatic rings. The fraction of sp³-hybridized carbons (Fsp3) is 0.500. The van der Waals surface area contributed by atoms with Crippen molar-refractivity contribution in [1.29, 1.82) is 5.26 Å². The molecule has 4 nitrogen and oxygen atoms in total. The van der Waals surface area contributed by atoms with Crippen LogP contribution in [0.5, 0.6) is 0 Å². The minimum Gasteiger partial charge on any atom is -0.389 e. The van der Waals surface area contributed by atoms with Crippen LogP contribution in [0, 0.1) is 11.3 Å². The lowest BCUT2D eigenvalue weighted by Crippen LogP contribution is -2.28. The van der Waals surface area contributed by atoms with E-state index in [2.05, 4.69) is 11.0 Å². The molecule has 1 unspecified atom stereocenters. The number of methoxy groups -OCH3 is 1. The standard InChI is InChI=1S/C14H20N2O2/c1-4-16(7-8-18-3)14-9-12(10-15)5-6-13(14)11(2)17/h5-6,9,11,17H,4,7-8H2,1-3H3. The van der Waals surface area contributed by atoms with Gasteiger partial charge in [-0.15, -0.1) is 0 Å². The molecule has 0 amide bonds. The Morgan fingerprint density at radius 2 is 2.22 bits per heavy atom. The number of aliphatic hydroxyl groups is 1. The average molecular weight is 248 g/mol. The van der Waals surface area contributed by atoms with Gasteiger partial charge in [-0.05, 0) is 26.0 Å². The van der Waals surface area contributed by atoms with Crippen LogP contribution in [0.4, 0.5) is 5.69 Å². The molecule has 0 aromatic heterocycles. The van der Waals surface area contributed by atoms with Crippen LogP contribution in [-0.4, -0.2) is 31.9 Å². The van der Waals surface area contributed by atoms with Crippen LogP contribution >= 0.6 is 0 Å². The van der Waals surface area contributed by atoms with E-state index in [4.69, 9.17) is 10.00 Å². The smallest absolute Gasteiger partial charge is 0.0992 e. The molecule has 1 atom stereocenters. The van der Waals surface area contributed by atoms with Crippen molar-refractivity contribution in [3.05, 3.63) is 29.3 Å². The number of hydrogen-bond donors (Lipinski definition) is 1. The zero-order chi connectivity index (χ0) is 13.5. The van der Waals surface area contributed by atoms with E-state index in [-0.39, 0.29) is 0 Å². The third-order valence-corrected chi connectivity index (χ3v) is 2.90. The molecule has 0 heterocycles. The molecule has 0 saturated heterocycles. The first-order valence-electron chi connectivity index (χ1n) is 6.10. The molecule has 4 heteroatoms. The minimum atomic E-state index is -0.552. The molecule has 0 aliphatic rings. The Kier molecular flexibility index (Phi) is 5.63. The lowest BCUT2D eigenvalue weighted by Gasteiger charge is -2.26. The van der Waals surface area contributed by atoms with Crippen molar-refractivity contribution in [3.63, 3.8) is 0 Å². The first-order chi connectivity index (χ1) is 8.63. The van der Waals surface area contributed by atoms with E-state index >= 15 is 0 Å². The van der Waals surface area contributed by atoms with Crippen molar-refractivity contribution in [3.8, 4) is 6.07 Å². The predicted octanol–water partition coefficient (Wildman–Crippen LogP) is 2.08. The molecule has 1 N–H and O–H groups in total. The van der Waals surface area contributed by atoms with Gasteiger partial charge >= 0.3 is 0 Å². The van der Waals surface area contributed by atoms with Crippen LogP contribution in [0.15, 0.2) is 18.2 Å². The Labute approximate surface area is 108 Å². The van der Waals surface area contributed by atoms with E-state index in [0.717, 1.165) is 24.3 Å². The molecule has 0 spiro atoms. The van der Waals surface area contributed by atoms with Gasteiger partial charge in [0.2, 0.25) is 0 Å². The van der Waals surface area contributed by atoms with Gasteiger partial charge < -0.3 is 14.7 Å². The first kappa shape index (κ1) is 14.5. The number of nitrogens with zero attached hydrogens (tertiary/aromatic N) is 2. The number of rotatable bonds is 6. The Morgan fingerprint density at radius 1 is 1.50 bits per heavy atom. The van der Waals surface area contributed by atoms with Gasteiger partial charge in [-0.2, -0.15) is 5.26 Å². The third kappa shape index (κ3) is 3.46. The summed E-state index contributed by atoms with van der Waals surface area (Å²) in [6, 6.07) is 7.50. The maximum atomic E-state index is 9.80. The molecule has 18 heavy (non-hydrogen) atoms. The van der Waals surface area contributed by atoms with Gasteiger partial charge in [0, 0.05) is 31.5 Å². The Balaban J connectivity index is 3.12. The Morgan fingerprint density at radius 3 is 2.72 bits per heavy atom. The molecule has 1 aromatic carbocycles. The molecule has 98 valence electrons. The van der Waals surface area contributed by atoms with Crippen molar-refractivity contribution < 1.29 is 9.84 Å². The van der Waals surface area contributed by atoms with Crippen LogP contribution in [0.1, 0.15) is 31.1 Å². The van der Waals surface area contributed by atoms with Crippen molar-refractivity contribution in [2.24, 2.45) is 0 Å². The van der Waals surface area contributed by atoms with Crippen molar-refractivity contribution in [2.45, 2.75) is 20.0 Å². The third-order valence-electron chi connectivity index (χ3n) is 2.90. The molecule has 0 aliphatic heterocycles. The normalized spacial score (nSPS) is 11.9. The summed E-state index contributed by atoms with van der Waals surface area (Å²) in [6.45, 7) is 5.93. The van der Waals surface area contributed by atoms with Crippen LogP contribution < -0.4 is 4.90 Å². The fourth-order valence-electron chi connectivity index (χ4n) is 1.89. The zero-order valence-corrected chi connectivity index (χ0v) is 11.2. The van der Waals surface area contributed by atoms with Crippen LogP contribution in [0.2, 0.25) is 0 Å². The van der Waals surface area contributed by atoms with E-state index in [9.17, 15) is 5.11 Å². The maximum absolute atomic E-state index is 9.80. The highest BCUT2D eigenvalue weighted by Gasteiger charge is 2.14. The summed E-state index contributed by atoms with van der Waals surface area (Å²) in [6.07, 6.45) is -0.552. The van der Waals surface area contributed by atoms with E-state index in [1.54, 1.807) is 20.1 Å². The summed E-state index contributed by atoms with van der Waals surface area (Å²) in [4.78, 5) is 2.10. The predicted molar refractivity (Wildman–Crippen MR) is 71.6 cm³/mol. The van der Waals surface area contributed by atoms with Crippen molar-refractivity contribution in [1.82, 2.24) is 0 Å². The summed E-state index contributed by atoms with van der Waals surface area (Å²) >= 11 is 0. The molecule has 0 radical (unpaired) electrons. The van der Waals surface area contributed by atoms with Crippen molar-refractivity contribution >= 4 is 5.69 Å².